The van der Waals surface area contributed by atoms with Crippen molar-refractivity contribution >= 4 is 21.5 Å². The molecule has 0 fully saturated rings. The number of hydrogen-bond donors (Lipinski definition) is 1. The predicted molar refractivity (Wildman–Crippen MR) is 64.0 cm³/mol. The van der Waals surface area contributed by atoms with E-state index in [1.54, 1.807) is 0 Å². The number of rotatable bonds is 1. The van der Waals surface area contributed by atoms with Crippen LogP contribution in [0.15, 0.2) is 48.6 Å². The zero-order chi connectivity index (χ0) is 10.0. The van der Waals surface area contributed by atoms with E-state index < -0.39 is 0 Å². The molecule has 14 heavy (non-hydrogen) atoms. The van der Waals surface area contributed by atoms with Crippen molar-refractivity contribution < 1.29 is 0 Å². The molecule has 0 amide bonds. The van der Waals surface area contributed by atoms with Crippen molar-refractivity contribution in [1.82, 2.24) is 0 Å². The Morgan fingerprint density at radius 1 is 1.21 bits per heavy atom. The van der Waals surface area contributed by atoms with Gasteiger partial charge in [-0.1, -0.05) is 64.5 Å². The Labute approximate surface area is 92.4 Å². The molecule has 2 rings (SSSR count). The number of halogens is 1. The summed E-state index contributed by atoms with van der Waals surface area (Å²) in [6, 6.07) is 10.3. The molecule has 1 aromatic carbocycles. The molecule has 0 bridgehead atoms. The fraction of sp³-hybridized carbons (Fsp3) is 0.167. The molecule has 0 saturated carbocycles. The molecule has 1 aliphatic carbocycles. The first kappa shape index (κ1) is 9.69. The van der Waals surface area contributed by atoms with Gasteiger partial charge >= 0.3 is 0 Å². The van der Waals surface area contributed by atoms with E-state index in [1.807, 2.05) is 30.4 Å². The van der Waals surface area contributed by atoms with Gasteiger partial charge in [0.25, 0.3) is 0 Å². The Morgan fingerprint density at radius 3 is 2.57 bits per heavy atom. The van der Waals surface area contributed by atoms with E-state index in [2.05, 4.69) is 34.1 Å². The highest BCUT2D eigenvalue weighted by atomic mass is 79.9. The van der Waals surface area contributed by atoms with E-state index in [0.29, 0.717) is 0 Å². The second kappa shape index (κ2) is 3.71. The molecule has 0 spiro atoms. The normalized spacial score (nSPS) is 26.0. The smallest absolute Gasteiger partial charge is 0.0946 e. The van der Waals surface area contributed by atoms with Crippen molar-refractivity contribution in [3.8, 4) is 0 Å². The summed E-state index contributed by atoms with van der Waals surface area (Å²) in [6.45, 7) is 0. The molecule has 0 saturated heterocycles. The average Bonchev–Trinajstić information content (AvgIpc) is 2.18. The molecule has 1 aromatic rings. The van der Waals surface area contributed by atoms with Gasteiger partial charge < -0.3 is 5.73 Å². The van der Waals surface area contributed by atoms with Crippen molar-refractivity contribution in [2.75, 3.05) is 0 Å². The molecule has 0 aromatic heterocycles. The van der Waals surface area contributed by atoms with Gasteiger partial charge in [0.2, 0.25) is 0 Å². The van der Waals surface area contributed by atoms with E-state index in [1.165, 1.54) is 11.1 Å². The summed E-state index contributed by atoms with van der Waals surface area (Å²) in [5.74, 6) is 0. The maximum absolute atomic E-state index is 5.99. The summed E-state index contributed by atoms with van der Waals surface area (Å²) in [4.78, 5) is 0. The Balaban J connectivity index is 2.30. The highest BCUT2D eigenvalue weighted by Gasteiger charge is 2.21. The first-order chi connectivity index (χ1) is 6.67. The largest absolute Gasteiger partial charge is 0.313 e. The highest BCUT2D eigenvalue weighted by Crippen LogP contribution is 2.31. The van der Waals surface area contributed by atoms with Crippen LogP contribution in [0.4, 0.5) is 0 Å². The molecule has 72 valence electrons. The fourth-order valence-corrected chi connectivity index (χ4v) is 2.04. The van der Waals surface area contributed by atoms with Crippen molar-refractivity contribution in [2.24, 2.45) is 5.73 Å². The van der Waals surface area contributed by atoms with Gasteiger partial charge in [0.05, 0.1) is 4.45 Å². The van der Waals surface area contributed by atoms with Crippen LogP contribution in [0.25, 0.3) is 5.57 Å². The standard InChI is InChI=1S/C12H12BrN/c13-12(14)8-4-7-11(9-12)10-5-2-1-3-6-10/h1-8H,9,14H2. The topological polar surface area (TPSA) is 26.0 Å². The summed E-state index contributed by atoms with van der Waals surface area (Å²) in [5, 5.41) is 0. The zero-order valence-electron chi connectivity index (χ0n) is 7.78. The maximum atomic E-state index is 5.99. The molecule has 2 N–H and O–H groups in total. The minimum absolute atomic E-state index is 0.382. The lowest BCUT2D eigenvalue weighted by Gasteiger charge is -2.23. The first-order valence-corrected chi connectivity index (χ1v) is 5.38. The molecule has 1 aliphatic rings. The van der Waals surface area contributed by atoms with Crippen LogP contribution in [-0.2, 0) is 0 Å². The Kier molecular flexibility index (Phi) is 2.57. The Morgan fingerprint density at radius 2 is 1.93 bits per heavy atom. The average molecular weight is 250 g/mol. The molecule has 1 atom stereocenters. The molecular formula is C12H12BrN. The number of nitrogens with two attached hydrogens (primary N) is 1. The summed E-state index contributed by atoms with van der Waals surface area (Å²) in [5.41, 5.74) is 8.51. The molecule has 1 nitrogen and oxygen atoms in total. The Hall–Kier alpha value is -0.860. The lowest BCUT2D eigenvalue weighted by molar-refractivity contribution is 0.786. The molecule has 0 heterocycles. The van der Waals surface area contributed by atoms with Gasteiger partial charge in [-0.3, -0.25) is 0 Å². The number of benzene rings is 1. The van der Waals surface area contributed by atoms with E-state index in [-0.39, 0.29) is 4.45 Å². The van der Waals surface area contributed by atoms with Crippen LogP contribution in [0.2, 0.25) is 0 Å². The third-order valence-corrected chi connectivity index (χ3v) is 2.82. The van der Waals surface area contributed by atoms with Crippen molar-refractivity contribution in [1.29, 1.82) is 0 Å². The monoisotopic (exact) mass is 249 g/mol. The Bertz CT molecular complexity index is 377. The molecular weight excluding hydrogens is 238 g/mol. The van der Waals surface area contributed by atoms with Crippen LogP contribution >= 0.6 is 15.9 Å². The second-order valence-electron chi connectivity index (χ2n) is 3.52. The summed E-state index contributed by atoms with van der Waals surface area (Å²) in [6.07, 6.45) is 6.91. The number of alkyl halides is 1. The van der Waals surface area contributed by atoms with Gasteiger partial charge in [-0.15, -0.1) is 0 Å². The fourth-order valence-electron chi connectivity index (χ4n) is 1.58. The van der Waals surface area contributed by atoms with E-state index in [9.17, 15) is 0 Å². The lowest BCUT2D eigenvalue weighted by Crippen LogP contribution is -2.31. The van der Waals surface area contributed by atoms with Crippen molar-refractivity contribution in [3.63, 3.8) is 0 Å². The quantitative estimate of drug-likeness (QED) is 0.601. The molecule has 2 heteroatoms. The van der Waals surface area contributed by atoms with E-state index >= 15 is 0 Å². The summed E-state index contributed by atoms with van der Waals surface area (Å²) in [7, 11) is 0. The molecule has 0 radical (unpaired) electrons. The van der Waals surface area contributed by atoms with Gasteiger partial charge in [0.1, 0.15) is 0 Å². The minimum atomic E-state index is -0.382. The number of allylic oxidation sites excluding steroid dienone is 2. The van der Waals surface area contributed by atoms with Crippen LogP contribution in [0.1, 0.15) is 12.0 Å². The van der Waals surface area contributed by atoms with Crippen LogP contribution in [0, 0.1) is 0 Å². The van der Waals surface area contributed by atoms with Crippen molar-refractivity contribution in [2.45, 2.75) is 10.9 Å². The highest BCUT2D eigenvalue weighted by molar-refractivity contribution is 9.10. The zero-order valence-corrected chi connectivity index (χ0v) is 9.37. The van der Waals surface area contributed by atoms with Gasteiger partial charge in [-0.25, -0.2) is 0 Å². The van der Waals surface area contributed by atoms with Crippen LogP contribution < -0.4 is 5.73 Å². The van der Waals surface area contributed by atoms with Gasteiger partial charge in [-0.05, 0) is 11.1 Å². The minimum Gasteiger partial charge on any atom is -0.313 e. The predicted octanol–water partition coefficient (Wildman–Crippen LogP) is 3.08. The van der Waals surface area contributed by atoms with Gasteiger partial charge in [0.15, 0.2) is 0 Å². The van der Waals surface area contributed by atoms with Crippen LogP contribution in [0.3, 0.4) is 0 Å². The van der Waals surface area contributed by atoms with E-state index in [0.717, 1.165) is 6.42 Å². The third-order valence-electron chi connectivity index (χ3n) is 2.28. The number of hydrogen-bond acceptors (Lipinski definition) is 1. The third kappa shape index (κ3) is 2.14. The van der Waals surface area contributed by atoms with Gasteiger partial charge in [-0.2, -0.15) is 0 Å². The molecule has 0 aliphatic heterocycles. The van der Waals surface area contributed by atoms with Crippen molar-refractivity contribution in [3.05, 3.63) is 54.1 Å². The second-order valence-corrected chi connectivity index (χ2v) is 5.00. The summed E-state index contributed by atoms with van der Waals surface area (Å²) < 4.78 is -0.382. The van der Waals surface area contributed by atoms with E-state index in [4.69, 9.17) is 5.73 Å². The first-order valence-electron chi connectivity index (χ1n) is 4.59. The molecule has 1 unspecified atom stereocenters. The van der Waals surface area contributed by atoms with Crippen LogP contribution in [-0.4, -0.2) is 4.45 Å². The van der Waals surface area contributed by atoms with Crippen LogP contribution in [0.5, 0.6) is 0 Å². The summed E-state index contributed by atoms with van der Waals surface area (Å²) >= 11 is 3.48. The van der Waals surface area contributed by atoms with Gasteiger partial charge in [0, 0.05) is 6.42 Å². The lowest BCUT2D eigenvalue weighted by atomic mass is 9.95. The maximum Gasteiger partial charge on any atom is 0.0946 e. The SMILES string of the molecule is NC1(Br)C=CC=C(c2ccccc2)C1.